The average molecular weight is 284 g/mol. The normalized spacial score (nSPS) is 10.7. The summed E-state index contributed by atoms with van der Waals surface area (Å²) in [5.41, 5.74) is 2.48. The number of rotatable bonds is 5. The van der Waals surface area contributed by atoms with Crippen molar-refractivity contribution in [3.05, 3.63) is 59.9 Å². The highest BCUT2D eigenvalue weighted by atomic mass is 16.4. The Morgan fingerprint density at radius 3 is 2.81 bits per heavy atom. The summed E-state index contributed by atoms with van der Waals surface area (Å²) in [6, 6.07) is 11.1. The van der Waals surface area contributed by atoms with Gasteiger partial charge in [0, 0.05) is 23.7 Å². The quantitative estimate of drug-likeness (QED) is 0.829. The summed E-state index contributed by atoms with van der Waals surface area (Å²) in [5.74, 6) is -1.19. The molecule has 0 aliphatic heterocycles. The highest BCUT2D eigenvalue weighted by Gasteiger charge is 2.06. The Balaban J connectivity index is 2.03. The Labute approximate surface area is 122 Å². The second-order valence-corrected chi connectivity index (χ2v) is 4.65. The van der Waals surface area contributed by atoms with E-state index in [1.807, 2.05) is 31.2 Å². The molecule has 0 bridgehead atoms. The SMILES string of the molecule is Cc1cccc(NC(=O)Cn2cccc2/C=C/C(=O)O)c1. The van der Waals surface area contributed by atoms with Gasteiger partial charge >= 0.3 is 5.97 Å². The summed E-state index contributed by atoms with van der Waals surface area (Å²) in [7, 11) is 0. The van der Waals surface area contributed by atoms with Gasteiger partial charge in [-0.05, 0) is 42.8 Å². The Kier molecular flexibility index (Phi) is 4.56. The summed E-state index contributed by atoms with van der Waals surface area (Å²) in [4.78, 5) is 22.5. The molecule has 0 atom stereocenters. The van der Waals surface area contributed by atoms with E-state index in [4.69, 9.17) is 5.11 Å². The zero-order valence-electron chi connectivity index (χ0n) is 11.6. The van der Waals surface area contributed by atoms with E-state index in [1.54, 1.807) is 22.9 Å². The Morgan fingerprint density at radius 2 is 2.10 bits per heavy atom. The molecule has 0 aliphatic carbocycles. The predicted molar refractivity (Wildman–Crippen MR) is 80.9 cm³/mol. The van der Waals surface area contributed by atoms with Crippen LogP contribution in [0.15, 0.2) is 48.7 Å². The number of carbonyl (C=O) groups is 2. The van der Waals surface area contributed by atoms with Gasteiger partial charge in [0.2, 0.25) is 5.91 Å². The van der Waals surface area contributed by atoms with E-state index in [0.29, 0.717) is 5.69 Å². The number of carbonyl (C=O) groups excluding carboxylic acids is 1. The van der Waals surface area contributed by atoms with E-state index in [2.05, 4.69) is 5.32 Å². The Bertz CT molecular complexity index is 686. The van der Waals surface area contributed by atoms with Gasteiger partial charge in [0.15, 0.2) is 0 Å². The lowest BCUT2D eigenvalue weighted by molar-refractivity contribution is -0.131. The highest BCUT2D eigenvalue weighted by Crippen LogP contribution is 2.10. The van der Waals surface area contributed by atoms with Crippen LogP contribution >= 0.6 is 0 Å². The van der Waals surface area contributed by atoms with Crippen LogP contribution in [0.5, 0.6) is 0 Å². The second kappa shape index (κ2) is 6.56. The third-order valence-corrected chi connectivity index (χ3v) is 2.88. The molecule has 0 aliphatic rings. The van der Waals surface area contributed by atoms with E-state index >= 15 is 0 Å². The molecule has 2 rings (SSSR count). The van der Waals surface area contributed by atoms with Crippen LogP contribution in [0.25, 0.3) is 6.08 Å². The minimum Gasteiger partial charge on any atom is -0.478 e. The van der Waals surface area contributed by atoms with Crippen molar-refractivity contribution in [1.82, 2.24) is 4.57 Å². The first-order valence-electron chi connectivity index (χ1n) is 6.47. The van der Waals surface area contributed by atoms with Gasteiger partial charge in [-0.15, -0.1) is 0 Å². The number of nitrogens with one attached hydrogen (secondary N) is 1. The van der Waals surface area contributed by atoms with Crippen LogP contribution in [0.4, 0.5) is 5.69 Å². The summed E-state index contributed by atoms with van der Waals surface area (Å²) < 4.78 is 1.69. The fourth-order valence-corrected chi connectivity index (χ4v) is 1.96. The molecule has 108 valence electrons. The van der Waals surface area contributed by atoms with Gasteiger partial charge in [0.05, 0.1) is 0 Å². The molecular formula is C16H16N2O3. The van der Waals surface area contributed by atoms with Gasteiger partial charge in [-0.25, -0.2) is 4.79 Å². The Morgan fingerprint density at radius 1 is 1.29 bits per heavy atom. The first-order valence-corrected chi connectivity index (χ1v) is 6.47. The van der Waals surface area contributed by atoms with E-state index in [1.165, 1.54) is 6.08 Å². The van der Waals surface area contributed by atoms with Crippen LogP contribution in [0.3, 0.4) is 0 Å². The van der Waals surface area contributed by atoms with Gasteiger partial charge in [-0.1, -0.05) is 12.1 Å². The highest BCUT2D eigenvalue weighted by molar-refractivity contribution is 5.91. The number of hydrogen-bond donors (Lipinski definition) is 2. The summed E-state index contributed by atoms with van der Waals surface area (Å²) in [5, 5.41) is 11.4. The summed E-state index contributed by atoms with van der Waals surface area (Å²) in [6.07, 6.45) is 4.24. The third-order valence-electron chi connectivity index (χ3n) is 2.88. The molecule has 1 amide bonds. The molecule has 1 heterocycles. The Hall–Kier alpha value is -2.82. The molecule has 1 aromatic carbocycles. The van der Waals surface area contributed by atoms with Gasteiger partial charge in [0.25, 0.3) is 0 Å². The molecule has 0 fully saturated rings. The fourth-order valence-electron chi connectivity index (χ4n) is 1.96. The van der Waals surface area contributed by atoms with Crippen molar-refractivity contribution in [3.8, 4) is 0 Å². The number of carboxylic acids is 1. The van der Waals surface area contributed by atoms with Crippen LogP contribution in [-0.2, 0) is 16.1 Å². The summed E-state index contributed by atoms with van der Waals surface area (Å²) >= 11 is 0. The number of nitrogens with zero attached hydrogens (tertiary/aromatic N) is 1. The van der Waals surface area contributed by atoms with Crippen molar-refractivity contribution < 1.29 is 14.7 Å². The molecule has 2 aromatic rings. The molecule has 21 heavy (non-hydrogen) atoms. The summed E-state index contributed by atoms with van der Waals surface area (Å²) in [6.45, 7) is 2.08. The number of carboxylic acid groups (broad SMARTS) is 1. The standard InChI is InChI=1S/C16H16N2O3/c1-12-4-2-5-13(10-12)17-15(19)11-18-9-3-6-14(18)7-8-16(20)21/h2-10H,11H2,1H3,(H,17,19)(H,20,21)/b8-7+. The molecule has 0 spiro atoms. The molecule has 0 radical (unpaired) electrons. The van der Waals surface area contributed by atoms with Crippen molar-refractivity contribution in [2.75, 3.05) is 5.32 Å². The van der Waals surface area contributed by atoms with Crippen LogP contribution < -0.4 is 5.32 Å². The number of aryl methyl sites for hydroxylation is 1. The molecule has 0 unspecified atom stereocenters. The molecule has 5 heteroatoms. The lowest BCUT2D eigenvalue weighted by Crippen LogP contribution is -2.18. The zero-order valence-corrected chi connectivity index (χ0v) is 11.6. The maximum absolute atomic E-state index is 12.0. The maximum Gasteiger partial charge on any atom is 0.328 e. The molecule has 5 nitrogen and oxygen atoms in total. The minimum atomic E-state index is -1.02. The number of anilines is 1. The van der Waals surface area contributed by atoms with Crippen LogP contribution in [0, 0.1) is 6.92 Å². The van der Waals surface area contributed by atoms with Crippen LogP contribution in [-0.4, -0.2) is 21.6 Å². The zero-order chi connectivity index (χ0) is 15.2. The largest absolute Gasteiger partial charge is 0.478 e. The van der Waals surface area contributed by atoms with Gasteiger partial charge in [-0.3, -0.25) is 4.79 Å². The number of benzene rings is 1. The fraction of sp³-hybridized carbons (Fsp3) is 0.125. The second-order valence-electron chi connectivity index (χ2n) is 4.65. The van der Waals surface area contributed by atoms with Crippen molar-refractivity contribution in [2.24, 2.45) is 0 Å². The molecular weight excluding hydrogens is 268 g/mol. The lowest BCUT2D eigenvalue weighted by Gasteiger charge is -2.08. The van der Waals surface area contributed by atoms with Crippen molar-refractivity contribution in [3.63, 3.8) is 0 Å². The monoisotopic (exact) mass is 284 g/mol. The number of hydrogen-bond acceptors (Lipinski definition) is 2. The van der Waals surface area contributed by atoms with Gasteiger partial charge in [-0.2, -0.15) is 0 Å². The molecule has 2 N–H and O–H groups in total. The van der Waals surface area contributed by atoms with E-state index in [-0.39, 0.29) is 12.5 Å². The topological polar surface area (TPSA) is 71.3 Å². The van der Waals surface area contributed by atoms with Crippen LogP contribution in [0.1, 0.15) is 11.3 Å². The first kappa shape index (κ1) is 14.6. The minimum absolute atomic E-state index is 0.125. The maximum atomic E-state index is 12.0. The van der Waals surface area contributed by atoms with E-state index in [9.17, 15) is 9.59 Å². The van der Waals surface area contributed by atoms with Crippen molar-refractivity contribution in [2.45, 2.75) is 13.5 Å². The molecule has 0 saturated heterocycles. The number of aromatic nitrogens is 1. The van der Waals surface area contributed by atoms with Gasteiger partial charge < -0.3 is 15.0 Å². The van der Waals surface area contributed by atoms with Crippen molar-refractivity contribution >= 4 is 23.6 Å². The molecule has 0 saturated carbocycles. The number of amides is 1. The van der Waals surface area contributed by atoms with E-state index < -0.39 is 5.97 Å². The van der Waals surface area contributed by atoms with Gasteiger partial charge in [0.1, 0.15) is 6.54 Å². The average Bonchev–Trinajstić information content (AvgIpc) is 2.83. The smallest absolute Gasteiger partial charge is 0.328 e. The van der Waals surface area contributed by atoms with Crippen LogP contribution in [0.2, 0.25) is 0 Å². The van der Waals surface area contributed by atoms with Crippen molar-refractivity contribution in [1.29, 1.82) is 0 Å². The first-order chi connectivity index (χ1) is 10.0. The predicted octanol–water partition coefficient (Wildman–Crippen LogP) is 2.53. The third kappa shape index (κ3) is 4.35. The lowest BCUT2D eigenvalue weighted by atomic mass is 10.2. The van der Waals surface area contributed by atoms with E-state index in [0.717, 1.165) is 17.3 Å². The molecule has 1 aromatic heterocycles. The number of aliphatic carboxylic acids is 1.